The monoisotopic (exact) mass is 292 g/mol. The second-order valence-corrected chi connectivity index (χ2v) is 5.55. The van der Waals surface area contributed by atoms with Crippen LogP contribution in [-0.2, 0) is 11.3 Å². The van der Waals surface area contributed by atoms with Crippen LogP contribution in [0.15, 0.2) is 18.2 Å². The van der Waals surface area contributed by atoms with Gasteiger partial charge in [0.1, 0.15) is 11.5 Å². The van der Waals surface area contributed by atoms with Gasteiger partial charge in [-0.15, -0.1) is 0 Å². The SMILES string of the molecule is COc1ccc(CNC(=O)C2(CN)CCCC2)c(OC)c1. The van der Waals surface area contributed by atoms with Gasteiger partial charge in [-0.2, -0.15) is 0 Å². The van der Waals surface area contributed by atoms with Gasteiger partial charge in [-0.05, 0) is 25.0 Å². The third kappa shape index (κ3) is 3.29. The molecule has 0 bridgehead atoms. The van der Waals surface area contributed by atoms with Gasteiger partial charge in [-0.25, -0.2) is 0 Å². The summed E-state index contributed by atoms with van der Waals surface area (Å²) < 4.78 is 10.5. The Hall–Kier alpha value is -1.75. The number of methoxy groups -OCH3 is 2. The molecule has 1 aromatic carbocycles. The Morgan fingerprint density at radius 3 is 2.57 bits per heavy atom. The Morgan fingerprint density at radius 2 is 2.00 bits per heavy atom. The summed E-state index contributed by atoms with van der Waals surface area (Å²) in [6.45, 7) is 0.854. The van der Waals surface area contributed by atoms with Gasteiger partial charge in [-0.3, -0.25) is 4.79 Å². The fraction of sp³-hybridized carbons (Fsp3) is 0.562. The maximum Gasteiger partial charge on any atom is 0.227 e. The Morgan fingerprint density at radius 1 is 1.29 bits per heavy atom. The van der Waals surface area contributed by atoms with E-state index in [0.29, 0.717) is 18.8 Å². The number of nitrogens with one attached hydrogen (secondary N) is 1. The first-order valence-corrected chi connectivity index (χ1v) is 7.34. The molecule has 116 valence electrons. The number of nitrogens with two attached hydrogens (primary N) is 1. The van der Waals surface area contributed by atoms with E-state index in [1.54, 1.807) is 14.2 Å². The Balaban J connectivity index is 2.04. The van der Waals surface area contributed by atoms with E-state index in [1.807, 2.05) is 18.2 Å². The van der Waals surface area contributed by atoms with E-state index >= 15 is 0 Å². The van der Waals surface area contributed by atoms with Crippen LogP contribution in [0.5, 0.6) is 11.5 Å². The van der Waals surface area contributed by atoms with Crippen molar-refractivity contribution in [3.8, 4) is 11.5 Å². The topological polar surface area (TPSA) is 73.6 Å². The third-order valence-corrected chi connectivity index (χ3v) is 4.37. The van der Waals surface area contributed by atoms with Crippen molar-refractivity contribution in [3.63, 3.8) is 0 Å². The van der Waals surface area contributed by atoms with Crippen LogP contribution in [0.25, 0.3) is 0 Å². The molecule has 1 amide bonds. The van der Waals surface area contributed by atoms with Gasteiger partial charge in [-0.1, -0.05) is 12.8 Å². The Bertz CT molecular complexity index is 496. The number of benzene rings is 1. The lowest BCUT2D eigenvalue weighted by molar-refractivity contribution is -0.130. The van der Waals surface area contributed by atoms with Gasteiger partial charge in [0.2, 0.25) is 5.91 Å². The zero-order chi connectivity index (χ0) is 15.3. The highest BCUT2D eigenvalue weighted by Gasteiger charge is 2.39. The van der Waals surface area contributed by atoms with E-state index in [0.717, 1.165) is 37.0 Å². The quantitative estimate of drug-likeness (QED) is 0.839. The molecule has 5 nitrogen and oxygen atoms in total. The summed E-state index contributed by atoms with van der Waals surface area (Å²) in [4.78, 5) is 12.4. The average molecular weight is 292 g/mol. The lowest BCUT2D eigenvalue weighted by Crippen LogP contribution is -2.43. The molecule has 1 fully saturated rings. The number of carbonyl (C=O) groups is 1. The van der Waals surface area contributed by atoms with Crippen LogP contribution in [0.2, 0.25) is 0 Å². The van der Waals surface area contributed by atoms with E-state index in [9.17, 15) is 4.79 Å². The van der Waals surface area contributed by atoms with E-state index in [1.165, 1.54) is 0 Å². The molecule has 1 aromatic rings. The van der Waals surface area contributed by atoms with Crippen molar-refractivity contribution < 1.29 is 14.3 Å². The molecule has 1 saturated carbocycles. The summed E-state index contributed by atoms with van der Waals surface area (Å²) in [5.74, 6) is 1.50. The van der Waals surface area contributed by atoms with Crippen molar-refractivity contribution in [2.75, 3.05) is 20.8 Å². The minimum atomic E-state index is -0.375. The van der Waals surface area contributed by atoms with Gasteiger partial charge in [0.05, 0.1) is 19.6 Å². The van der Waals surface area contributed by atoms with Gasteiger partial charge in [0.15, 0.2) is 0 Å². The van der Waals surface area contributed by atoms with E-state index in [4.69, 9.17) is 15.2 Å². The second-order valence-electron chi connectivity index (χ2n) is 5.55. The van der Waals surface area contributed by atoms with Crippen molar-refractivity contribution in [1.82, 2.24) is 5.32 Å². The molecule has 0 saturated heterocycles. The maximum absolute atomic E-state index is 12.4. The highest BCUT2D eigenvalue weighted by molar-refractivity contribution is 5.83. The van der Waals surface area contributed by atoms with Crippen LogP contribution in [0.3, 0.4) is 0 Å². The molecule has 1 aliphatic carbocycles. The number of amides is 1. The second kappa shape index (κ2) is 6.80. The molecule has 0 atom stereocenters. The summed E-state index contributed by atoms with van der Waals surface area (Å²) in [6.07, 6.45) is 3.93. The van der Waals surface area contributed by atoms with Gasteiger partial charge in [0, 0.05) is 24.7 Å². The first-order chi connectivity index (χ1) is 10.1. The molecule has 0 aliphatic heterocycles. The van der Waals surface area contributed by atoms with Crippen molar-refractivity contribution in [3.05, 3.63) is 23.8 Å². The van der Waals surface area contributed by atoms with E-state index in [-0.39, 0.29) is 11.3 Å². The zero-order valence-electron chi connectivity index (χ0n) is 12.8. The third-order valence-electron chi connectivity index (χ3n) is 4.37. The van der Waals surface area contributed by atoms with Crippen LogP contribution in [0.1, 0.15) is 31.2 Å². The summed E-state index contributed by atoms with van der Waals surface area (Å²) in [5, 5.41) is 3.01. The maximum atomic E-state index is 12.4. The zero-order valence-corrected chi connectivity index (χ0v) is 12.8. The van der Waals surface area contributed by atoms with Gasteiger partial charge >= 0.3 is 0 Å². The Labute approximate surface area is 125 Å². The number of hydrogen-bond acceptors (Lipinski definition) is 4. The largest absolute Gasteiger partial charge is 0.497 e. The smallest absolute Gasteiger partial charge is 0.227 e. The summed E-state index contributed by atoms with van der Waals surface area (Å²) in [5.41, 5.74) is 6.38. The molecular weight excluding hydrogens is 268 g/mol. The van der Waals surface area contributed by atoms with Crippen molar-refractivity contribution in [2.24, 2.45) is 11.1 Å². The molecule has 3 N–H and O–H groups in total. The lowest BCUT2D eigenvalue weighted by atomic mass is 9.85. The number of carbonyl (C=O) groups excluding carboxylic acids is 1. The summed E-state index contributed by atoms with van der Waals surface area (Å²) in [7, 11) is 3.22. The van der Waals surface area contributed by atoms with Gasteiger partial charge < -0.3 is 20.5 Å². The molecular formula is C16H24N2O3. The van der Waals surface area contributed by atoms with Crippen molar-refractivity contribution in [1.29, 1.82) is 0 Å². The fourth-order valence-corrected chi connectivity index (χ4v) is 2.94. The molecule has 0 unspecified atom stereocenters. The summed E-state index contributed by atoms with van der Waals surface area (Å²) >= 11 is 0. The molecule has 0 radical (unpaired) electrons. The number of ether oxygens (including phenoxy) is 2. The number of rotatable bonds is 6. The standard InChI is InChI=1S/C16H24N2O3/c1-20-13-6-5-12(14(9-13)21-2)10-18-15(19)16(11-17)7-3-4-8-16/h5-6,9H,3-4,7-8,10-11,17H2,1-2H3,(H,18,19). The first-order valence-electron chi connectivity index (χ1n) is 7.34. The molecule has 1 aliphatic rings. The van der Waals surface area contributed by atoms with Crippen LogP contribution < -0.4 is 20.5 Å². The predicted molar refractivity (Wildman–Crippen MR) is 81.3 cm³/mol. The highest BCUT2D eigenvalue weighted by atomic mass is 16.5. The molecule has 2 rings (SSSR count). The van der Waals surface area contributed by atoms with Gasteiger partial charge in [0.25, 0.3) is 0 Å². The van der Waals surface area contributed by atoms with Crippen LogP contribution in [0, 0.1) is 5.41 Å². The number of hydrogen-bond donors (Lipinski definition) is 2. The molecule has 0 spiro atoms. The molecule has 0 aromatic heterocycles. The molecule has 21 heavy (non-hydrogen) atoms. The average Bonchev–Trinajstić information content (AvgIpc) is 3.02. The summed E-state index contributed by atoms with van der Waals surface area (Å²) in [6, 6.07) is 5.58. The van der Waals surface area contributed by atoms with Crippen molar-refractivity contribution >= 4 is 5.91 Å². The Kier molecular flexibility index (Phi) is 5.07. The fourth-order valence-electron chi connectivity index (χ4n) is 2.94. The normalized spacial score (nSPS) is 16.5. The van der Waals surface area contributed by atoms with Crippen LogP contribution in [-0.4, -0.2) is 26.7 Å². The van der Waals surface area contributed by atoms with Crippen LogP contribution in [0.4, 0.5) is 0 Å². The van der Waals surface area contributed by atoms with Crippen LogP contribution >= 0.6 is 0 Å². The molecule has 5 heteroatoms. The lowest BCUT2D eigenvalue weighted by Gasteiger charge is -2.26. The van der Waals surface area contributed by atoms with Crippen molar-refractivity contribution in [2.45, 2.75) is 32.2 Å². The molecule has 0 heterocycles. The van der Waals surface area contributed by atoms with E-state index < -0.39 is 0 Å². The highest BCUT2D eigenvalue weighted by Crippen LogP contribution is 2.37. The predicted octanol–water partition coefficient (Wildman–Crippen LogP) is 1.84. The minimum absolute atomic E-state index is 0.0559. The first kappa shape index (κ1) is 15.6. The minimum Gasteiger partial charge on any atom is -0.497 e. The van der Waals surface area contributed by atoms with E-state index in [2.05, 4.69) is 5.32 Å².